The van der Waals surface area contributed by atoms with Crippen LogP contribution in [0.2, 0.25) is 0 Å². The molecule has 8 nitrogen and oxygen atoms in total. The first-order chi connectivity index (χ1) is 12.8. The minimum atomic E-state index is -1.57. The second-order valence-corrected chi connectivity index (χ2v) is 6.40. The van der Waals surface area contributed by atoms with E-state index < -0.39 is 29.2 Å². The molecule has 3 rings (SSSR count). The van der Waals surface area contributed by atoms with Crippen LogP contribution in [0.4, 0.5) is 5.69 Å². The van der Waals surface area contributed by atoms with Gasteiger partial charge < -0.3 is 4.74 Å². The van der Waals surface area contributed by atoms with E-state index in [4.69, 9.17) is 4.74 Å². The number of imide groups is 1. The van der Waals surface area contributed by atoms with E-state index in [2.05, 4.69) is 5.43 Å². The Morgan fingerprint density at radius 3 is 2.41 bits per heavy atom. The molecule has 0 unspecified atom stereocenters. The van der Waals surface area contributed by atoms with E-state index in [-0.39, 0.29) is 18.7 Å². The Hall–Kier alpha value is -3.16. The highest BCUT2D eigenvalue weighted by Gasteiger charge is 2.59. The van der Waals surface area contributed by atoms with Crippen LogP contribution in [0.1, 0.15) is 32.8 Å². The highest BCUT2D eigenvalue weighted by atomic mass is 16.5. The topological polar surface area (TPSA) is 96.0 Å². The van der Waals surface area contributed by atoms with Gasteiger partial charge in [0.25, 0.3) is 5.91 Å². The summed E-state index contributed by atoms with van der Waals surface area (Å²) in [5, 5.41) is 1.03. The lowest BCUT2D eigenvalue weighted by Crippen LogP contribution is -2.56. The van der Waals surface area contributed by atoms with Crippen molar-refractivity contribution in [3.05, 3.63) is 41.6 Å². The third-order valence-corrected chi connectivity index (χ3v) is 4.67. The quantitative estimate of drug-likeness (QED) is 0.628. The van der Waals surface area contributed by atoms with Crippen LogP contribution >= 0.6 is 0 Å². The SMILES string of the molecule is CCOC(=O)C1=C[C@@]2(CC(=O)N(c3ccc(CC)cc3)C2=O)N(C(C)=O)N1. The van der Waals surface area contributed by atoms with E-state index in [1.807, 2.05) is 19.1 Å². The third kappa shape index (κ3) is 2.97. The number of benzene rings is 1. The van der Waals surface area contributed by atoms with E-state index in [1.165, 1.54) is 13.0 Å². The van der Waals surface area contributed by atoms with Crippen molar-refractivity contribution in [2.75, 3.05) is 11.5 Å². The Bertz CT molecular complexity index is 845. The van der Waals surface area contributed by atoms with Gasteiger partial charge in [-0.2, -0.15) is 0 Å². The molecule has 0 bridgehead atoms. The van der Waals surface area contributed by atoms with Gasteiger partial charge in [-0.25, -0.2) is 14.7 Å². The second kappa shape index (κ2) is 6.86. The van der Waals surface area contributed by atoms with Crippen LogP contribution in [0.5, 0.6) is 0 Å². The molecule has 1 spiro atoms. The van der Waals surface area contributed by atoms with E-state index in [9.17, 15) is 19.2 Å². The molecule has 2 aliphatic heterocycles. The number of carbonyl (C=O) groups is 4. The average Bonchev–Trinajstić information content (AvgIpc) is 3.14. The normalized spacial score (nSPS) is 21.5. The number of nitrogens with zero attached hydrogens (tertiary/aromatic N) is 2. The van der Waals surface area contributed by atoms with Crippen LogP contribution < -0.4 is 10.3 Å². The van der Waals surface area contributed by atoms with Crippen molar-refractivity contribution in [3.63, 3.8) is 0 Å². The van der Waals surface area contributed by atoms with Gasteiger partial charge in [-0.05, 0) is 37.1 Å². The zero-order chi connectivity index (χ0) is 19.8. The number of hydrogen-bond acceptors (Lipinski definition) is 6. The predicted molar refractivity (Wildman–Crippen MR) is 96.0 cm³/mol. The molecule has 1 atom stereocenters. The number of nitrogens with one attached hydrogen (secondary N) is 1. The minimum Gasteiger partial charge on any atom is -0.461 e. The standard InChI is InChI=1S/C19H21N3O5/c1-4-13-6-8-14(9-7-13)21-16(24)11-19(18(21)26)10-15(17(25)27-5-2)20-22(19)12(3)23/h6-10,20H,4-5,11H2,1-3H3/t19-/m0/s1. The van der Waals surface area contributed by atoms with E-state index in [0.29, 0.717) is 5.69 Å². The van der Waals surface area contributed by atoms with Crippen molar-refractivity contribution in [1.82, 2.24) is 10.4 Å². The first kappa shape index (κ1) is 18.6. The summed E-state index contributed by atoms with van der Waals surface area (Å²) >= 11 is 0. The summed E-state index contributed by atoms with van der Waals surface area (Å²) < 4.78 is 4.94. The molecule has 0 radical (unpaired) electrons. The number of carbonyl (C=O) groups excluding carboxylic acids is 4. The summed E-state index contributed by atoms with van der Waals surface area (Å²) in [5.41, 5.74) is 2.52. The number of aryl methyl sites for hydroxylation is 1. The van der Waals surface area contributed by atoms with Crippen molar-refractivity contribution in [3.8, 4) is 0 Å². The van der Waals surface area contributed by atoms with Crippen molar-refractivity contribution in [2.24, 2.45) is 0 Å². The van der Waals surface area contributed by atoms with Gasteiger partial charge in [-0.15, -0.1) is 0 Å². The van der Waals surface area contributed by atoms with Gasteiger partial charge in [0.05, 0.1) is 18.7 Å². The molecule has 27 heavy (non-hydrogen) atoms. The number of hydrogen-bond donors (Lipinski definition) is 1. The molecule has 1 saturated heterocycles. The first-order valence-corrected chi connectivity index (χ1v) is 8.77. The van der Waals surface area contributed by atoms with E-state index in [0.717, 1.165) is 21.9 Å². The lowest BCUT2D eigenvalue weighted by atomic mass is 9.96. The van der Waals surface area contributed by atoms with E-state index >= 15 is 0 Å². The largest absolute Gasteiger partial charge is 0.461 e. The molecule has 0 aliphatic carbocycles. The first-order valence-electron chi connectivity index (χ1n) is 8.77. The molecular weight excluding hydrogens is 350 g/mol. The van der Waals surface area contributed by atoms with Gasteiger partial charge in [-0.1, -0.05) is 19.1 Å². The van der Waals surface area contributed by atoms with Crippen LogP contribution in [0.3, 0.4) is 0 Å². The lowest BCUT2D eigenvalue weighted by Gasteiger charge is -2.30. The number of anilines is 1. The summed E-state index contributed by atoms with van der Waals surface area (Å²) in [6, 6.07) is 7.08. The van der Waals surface area contributed by atoms with Gasteiger partial charge in [0, 0.05) is 6.92 Å². The van der Waals surface area contributed by atoms with Crippen LogP contribution in [0.25, 0.3) is 0 Å². The fourth-order valence-corrected chi connectivity index (χ4v) is 3.35. The van der Waals surface area contributed by atoms with Crippen LogP contribution in [0.15, 0.2) is 36.0 Å². The maximum Gasteiger partial charge on any atom is 0.355 e. The summed E-state index contributed by atoms with van der Waals surface area (Å²) in [6.07, 6.45) is 1.89. The Morgan fingerprint density at radius 1 is 1.19 bits per heavy atom. The molecular formula is C19H21N3O5. The maximum absolute atomic E-state index is 13.2. The minimum absolute atomic E-state index is 0.0311. The molecule has 1 N–H and O–H groups in total. The number of ether oxygens (including phenoxy) is 1. The Balaban J connectivity index is 2.00. The van der Waals surface area contributed by atoms with Crippen molar-refractivity contribution in [2.45, 2.75) is 39.2 Å². The van der Waals surface area contributed by atoms with Crippen molar-refractivity contribution >= 4 is 29.4 Å². The predicted octanol–water partition coefficient (Wildman–Crippen LogP) is 1.06. The second-order valence-electron chi connectivity index (χ2n) is 6.40. The summed E-state index contributed by atoms with van der Waals surface area (Å²) in [6.45, 7) is 5.06. The highest BCUT2D eigenvalue weighted by molar-refractivity contribution is 6.26. The fourth-order valence-electron chi connectivity index (χ4n) is 3.35. The van der Waals surface area contributed by atoms with Gasteiger partial charge in [0.15, 0.2) is 5.54 Å². The fraction of sp³-hybridized carbons (Fsp3) is 0.368. The summed E-state index contributed by atoms with van der Waals surface area (Å²) in [4.78, 5) is 51.1. The number of esters is 1. The molecule has 2 aliphatic rings. The molecule has 8 heteroatoms. The Kier molecular flexibility index (Phi) is 4.73. The van der Waals surface area contributed by atoms with Crippen molar-refractivity contribution < 1.29 is 23.9 Å². The molecule has 2 heterocycles. The molecule has 1 aromatic rings. The highest BCUT2D eigenvalue weighted by Crippen LogP contribution is 2.38. The molecule has 142 valence electrons. The summed E-state index contributed by atoms with van der Waals surface area (Å²) in [5.74, 6) is -2.21. The van der Waals surface area contributed by atoms with Gasteiger partial charge in [0.1, 0.15) is 5.70 Å². The number of amides is 3. The molecule has 3 amide bonds. The van der Waals surface area contributed by atoms with Crippen molar-refractivity contribution in [1.29, 1.82) is 0 Å². The van der Waals surface area contributed by atoms with Crippen LogP contribution in [0, 0.1) is 0 Å². The molecule has 1 aromatic carbocycles. The monoisotopic (exact) mass is 371 g/mol. The third-order valence-electron chi connectivity index (χ3n) is 4.67. The Morgan fingerprint density at radius 2 is 1.85 bits per heavy atom. The average molecular weight is 371 g/mol. The molecule has 1 fully saturated rings. The van der Waals surface area contributed by atoms with Gasteiger partial charge in [0.2, 0.25) is 11.8 Å². The molecule has 0 saturated carbocycles. The number of rotatable bonds is 4. The molecule has 0 aromatic heterocycles. The van der Waals surface area contributed by atoms with Crippen LogP contribution in [-0.2, 0) is 30.3 Å². The zero-order valence-electron chi connectivity index (χ0n) is 15.4. The smallest absolute Gasteiger partial charge is 0.355 e. The summed E-state index contributed by atoms with van der Waals surface area (Å²) in [7, 11) is 0. The lowest BCUT2D eigenvalue weighted by molar-refractivity contribution is -0.144. The van der Waals surface area contributed by atoms with Crippen LogP contribution in [-0.4, -0.2) is 40.8 Å². The maximum atomic E-state index is 13.2. The van der Waals surface area contributed by atoms with Gasteiger partial charge in [-0.3, -0.25) is 19.8 Å². The number of hydrazine groups is 1. The Labute approximate surface area is 156 Å². The zero-order valence-corrected chi connectivity index (χ0v) is 15.4. The van der Waals surface area contributed by atoms with E-state index in [1.54, 1.807) is 19.1 Å². The van der Waals surface area contributed by atoms with Gasteiger partial charge >= 0.3 is 5.97 Å².